The second-order valence-electron chi connectivity index (χ2n) is 5.95. The molecule has 1 unspecified atom stereocenters. The highest BCUT2D eigenvalue weighted by molar-refractivity contribution is 5.77. The first kappa shape index (κ1) is 13.1. The topological polar surface area (TPSA) is 33.4 Å². The average molecular weight is 250 g/mol. The molecule has 2 aromatic rings. The summed E-state index contributed by atoms with van der Waals surface area (Å²) >= 11 is 0. The van der Waals surface area contributed by atoms with Crippen LogP contribution in [-0.2, 0) is 0 Å². The minimum absolute atomic E-state index is 0.180. The zero-order chi connectivity index (χ0) is 13.3. The summed E-state index contributed by atoms with van der Waals surface area (Å²) in [5.41, 5.74) is 0.792. The summed E-state index contributed by atoms with van der Waals surface area (Å²) in [5, 5.41) is 10.8. The third kappa shape index (κ3) is 3.10. The molecule has 2 rings (SSSR count). The Labute approximate surface area is 106 Å². The molecule has 0 bridgehead atoms. The molecule has 2 nitrogen and oxygen atoms in total. The first-order valence-corrected chi connectivity index (χ1v) is 6.22. The van der Waals surface area contributed by atoms with Crippen molar-refractivity contribution in [1.29, 1.82) is 0 Å². The van der Waals surface area contributed by atoms with Gasteiger partial charge >= 0.3 is 0 Å². The molecule has 0 saturated heterocycles. The smallest absolute Gasteiger partial charge is 0.134 e. The highest BCUT2D eigenvalue weighted by Gasteiger charge is 2.17. The van der Waals surface area contributed by atoms with Crippen LogP contribution in [0.3, 0.4) is 0 Å². The Balaban J connectivity index is 2.15. The van der Waals surface area contributed by atoms with Gasteiger partial charge in [0.2, 0.25) is 0 Å². The molecule has 0 aliphatic rings. The molecule has 98 valence electrons. The SMILES string of the molecule is CC(C)(C)CCC(O)c1cc2cc(F)ccc2o1. The molecule has 0 fully saturated rings. The van der Waals surface area contributed by atoms with Crippen molar-refractivity contribution in [3.63, 3.8) is 0 Å². The van der Waals surface area contributed by atoms with Gasteiger partial charge in [0.15, 0.2) is 0 Å². The average Bonchev–Trinajstić information content (AvgIpc) is 2.67. The maximum absolute atomic E-state index is 13.0. The van der Waals surface area contributed by atoms with Crippen LogP contribution in [0, 0.1) is 11.2 Å². The van der Waals surface area contributed by atoms with Crippen molar-refractivity contribution in [2.24, 2.45) is 5.41 Å². The summed E-state index contributed by atoms with van der Waals surface area (Å²) in [4.78, 5) is 0. The van der Waals surface area contributed by atoms with E-state index in [1.165, 1.54) is 12.1 Å². The fraction of sp³-hybridized carbons (Fsp3) is 0.467. The van der Waals surface area contributed by atoms with Gasteiger partial charge in [-0.15, -0.1) is 0 Å². The molecule has 0 aliphatic heterocycles. The van der Waals surface area contributed by atoms with Crippen molar-refractivity contribution in [2.75, 3.05) is 0 Å². The second-order valence-corrected chi connectivity index (χ2v) is 5.95. The van der Waals surface area contributed by atoms with E-state index in [0.717, 1.165) is 6.42 Å². The van der Waals surface area contributed by atoms with Crippen molar-refractivity contribution >= 4 is 11.0 Å². The van der Waals surface area contributed by atoms with Crippen molar-refractivity contribution < 1.29 is 13.9 Å². The standard InChI is InChI=1S/C15H19FO2/c1-15(2,3)7-6-12(17)14-9-10-8-11(16)4-5-13(10)18-14/h4-5,8-9,12,17H,6-7H2,1-3H3. The number of aliphatic hydroxyl groups is 1. The van der Waals surface area contributed by atoms with Crippen LogP contribution in [0.15, 0.2) is 28.7 Å². The Kier molecular flexibility index (Phi) is 3.44. The highest BCUT2D eigenvalue weighted by atomic mass is 19.1. The van der Waals surface area contributed by atoms with Gasteiger partial charge in [-0.05, 0) is 42.5 Å². The van der Waals surface area contributed by atoms with E-state index in [0.29, 0.717) is 23.2 Å². The number of benzene rings is 1. The largest absolute Gasteiger partial charge is 0.458 e. The van der Waals surface area contributed by atoms with Crippen LogP contribution in [0.5, 0.6) is 0 Å². The van der Waals surface area contributed by atoms with Crippen molar-refractivity contribution in [3.8, 4) is 0 Å². The summed E-state index contributed by atoms with van der Waals surface area (Å²) in [6, 6.07) is 6.08. The zero-order valence-electron chi connectivity index (χ0n) is 11.0. The minimum atomic E-state index is -0.625. The summed E-state index contributed by atoms with van der Waals surface area (Å²) in [6.45, 7) is 6.40. The van der Waals surface area contributed by atoms with Gasteiger partial charge in [0.25, 0.3) is 0 Å². The van der Waals surface area contributed by atoms with E-state index in [9.17, 15) is 9.50 Å². The predicted octanol–water partition coefficient (Wildman–Crippen LogP) is 4.43. The first-order chi connectivity index (χ1) is 8.35. The molecule has 1 aromatic heterocycles. The van der Waals surface area contributed by atoms with Crippen LogP contribution in [0.4, 0.5) is 4.39 Å². The fourth-order valence-electron chi connectivity index (χ4n) is 1.91. The zero-order valence-corrected chi connectivity index (χ0v) is 11.0. The minimum Gasteiger partial charge on any atom is -0.458 e. The lowest BCUT2D eigenvalue weighted by atomic mass is 9.89. The molecule has 1 heterocycles. The monoisotopic (exact) mass is 250 g/mol. The van der Waals surface area contributed by atoms with Gasteiger partial charge in [-0.1, -0.05) is 20.8 Å². The summed E-state index contributed by atoms with van der Waals surface area (Å²) in [5.74, 6) is 0.221. The lowest BCUT2D eigenvalue weighted by Gasteiger charge is -2.19. The molecule has 3 heteroatoms. The van der Waals surface area contributed by atoms with Crippen LogP contribution in [0.1, 0.15) is 45.5 Å². The summed E-state index contributed by atoms with van der Waals surface area (Å²) < 4.78 is 18.6. The Morgan fingerprint density at radius 2 is 2.00 bits per heavy atom. The Bertz CT molecular complexity index is 537. The number of fused-ring (bicyclic) bond motifs is 1. The summed E-state index contributed by atoms with van der Waals surface area (Å²) in [6.07, 6.45) is 0.922. The highest BCUT2D eigenvalue weighted by Crippen LogP contribution is 2.30. The number of hydrogen-bond acceptors (Lipinski definition) is 2. The molecule has 1 N–H and O–H groups in total. The van der Waals surface area contributed by atoms with E-state index >= 15 is 0 Å². The molecule has 0 amide bonds. The first-order valence-electron chi connectivity index (χ1n) is 6.22. The van der Waals surface area contributed by atoms with Gasteiger partial charge in [0.05, 0.1) is 0 Å². The van der Waals surface area contributed by atoms with E-state index in [2.05, 4.69) is 20.8 Å². The predicted molar refractivity (Wildman–Crippen MR) is 69.8 cm³/mol. The maximum atomic E-state index is 13.0. The van der Waals surface area contributed by atoms with Gasteiger partial charge in [-0.2, -0.15) is 0 Å². The maximum Gasteiger partial charge on any atom is 0.134 e. The Morgan fingerprint density at radius 3 is 2.67 bits per heavy atom. The van der Waals surface area contributed by atoms with Crippen molar-refractivity contribution in [1.82, 2.24) is 0 Å². The fourth-order valence-corrected chi connectivity index (χ4v) is 1.91. The molecule has 0 spiro atoms. The van der Waals surface area contributed by atoms with E-state index in [1.807, 2.05) is 0 Å². The lowest BCUT2D eigenvalue weighted by molar-refractivity contribution is 0.126. The van der Waals surface area contributed by atoms with Crippen LogP contribution in [0.2, 0.25) is 0 Å². The molecule has 0 saturated carbocycles. The molecule has 1 atom stereocenters. The van der Waals surface area contributed by atoms with Crippen LogP contribution in [0.25, 0.3) is 11.0 Å². The van der Waals surface area contributed by atoms with Crippen LogP contribution >= 0.6 is 0 Å². The van der Waals surface area contributed by atoms with Gasteiger partial charge in [0, 0.05) is 5.39 Å². The molecule has 18 heavy (non-hydrogen) atoms. The Hall–Kier alpha value is -1.35. The van der Waals surface area contributed by atoms with Crippen molar-refractivity contribution in [3.05, 3.63) is 35.8 Å². The molecular weight excluding hydrogens is 231 g/mol. The quantitative estimate of drug-likeness (QED) is 0.874. The van der Waals surface area contributed by atoms with E-state index < -0.39 is 6.10 Å². The number of furan rings is 1. The Morgan fingerprint density at radius 1 is 1.28 bits per heavy atom. The van der Waals surface area contributed by atoms with E-state index in [1.54, 1.807) is 12.1 Å². The number of rotatable bonds is 3. The van der Waals surface area contributed by atoms with Crippen LogP contribution < -0.4 is 0 Å². The third-order valence-electron chi connectivity index (χ3n) is 2.99. The number of halogens is 1. The van der Waals surface area contributed by atoms with Crippen molar-refractivity contribution in [2.45, 2.75) is 39.7 Å². The summed E-state index contributed by atoms with van der Waals surface area (Å²) in [7, 11) is 0. The molecular formula is C15H19FO2. The second kappa shape index (κ2) is 4.73. The van der Waals surface area contributed by atoms with E-state index in [4.69, 9.17) is 4.42 Å². The molecule has 1 aromatic carbocycles. The van der Waals surface area contributed by atoms with Gasteiger partial charge in [-0.3, -0.25) is 0 Å². The van der Waals surface area contributed by atoms with Gasteiger partial charge in [-0.25, -0.2) is 4.39 Å². The third-order valence-corrected chi connectivity index (χ3v) is 2.99. The van der Waals surface area contributed by atoms with Gasteiger partial charge in [0.1, 0.15) is 23.3 Å². The molecule has 0 aliphatic carbocycles. The number of hydrogen-bond donors (Lipinski definition) is 1. The lowest BCUT2D eigenvalue weighted by Crippen LogP contribution is -2.07. The molecule has 0 radical (unpaired) electrons. The van der Waals surface area contributed by atoms with E-state index in [-0.39, 0.29) is 11.2 Å². The van der Waals surface area contributed by atoms with Gasteiger partial charge < -0.3 is 9.52 Å². The normalized spacial score (nSPS) is 14.1. The number of aliphatic hydroxyl groups excluding tert-OH is 1. The van der Waals surface area contributed by atoms with Crippen LogP contribution in [-0.4, -0.2) is 5.11 Å².